The van der Waals surface area contributed by atoms with Crippen LogP contribution in [0.5, 0.6) is 0 Å². The van der Waals surface area contributed by atoms with Gasteiger partial charge in [0.05, 0.1) is 6.54 Å². The topological polar surface area (TPSA) is 83.8 Å². The number of guanidine groups is 1. The first kappa shape index (κ1) is 19.6. The Kier molecular flexibility index (Phi) is 6.67. The normalized spacial score (nSPS) is 14.9. The molecular formula is C18H21IN6OS. The van der Waals surface area contributed by atoms with Gasteiger partial charge in [-0.1, -0.05) is 35.5 Å². The Labute approximate surface area is 178 Å². The molecule has 1 fully saturated rings. The van der Waals surface area contributed by atoms with Crippen molar-refractivity contribution in [3.05, 3.63) is 53.7 Å². The van der Waals surface area contributed by atoms with E-state index in [9.17, 15) is 0 Å². The molecule has 1 aliphatic heterocycles. The zero-order valence-corrected chi connectivity index (χ0v) is 17.8. The van der Waals surface area contributed by atoms with Crippen LogP contribution in [0.15, 0.2) is 57.5 Å². The van der Waals surface area contributed by atoms with Crippen molar-refractivity contribution in [3.63, 3.8) is 0 Å². The molecule has 142 valence electrons. The summed E-state index contributed by atoms with van der Waals surface area (Å²) < 4.78 is 5.40. The first-order valence-corrected chi connectivity index (χ1v) is 9.38. The molecule has 9 heteroatoms. The van der Waals surface area contributed by atoms with Gasteiger partial charge in [0.2, 0.25) is 0 Å². The number of aromatic nitrogens is 2. The number of halogens is 1. The largest absolute Gasteiger partial charge is 0.370 e. The SMILES string of the molecule is I.NC(=NCc1cc(-c2ccccc2)on1)N1CCN(c2nccs2)CC1. The molecule has 0 aliphatic carbocycles. The highest BCUT2D eigenvalue weighted by atomic mass is 127. The van der Waals surface area contributed by atoms with E-state index >= 15 is 0 Å². The van der Waals surface area contributed by atoms with E-state index in [4.69, 9.17) is 10.3 Å². The van der Waals surface area contributed by atoms with E-state index in [2.05, 4.69) is 24.9 Å². The molecule has 0 amide bonds. The smallest absolute Gasteiger partial charge is 0.191 e. The van der Waals surface area contributed by atoms with Crippen molar-refractivity contribution in [1.82, 2.24) is 15.0 Å². The average molecular weight is 496 g/mol. The summed E-state index contributed by atoms with van der Waals surface area (Å²) in [5, 5.41) is 7.15. The van der Waals surface area contributed by atoms with E-state index in [0.29, 0.717) is 12.5 Å². The van der Waals surface area contributed by atoms with Crippen LogP contribution in [0, 0.1) is 0 Å². The van der Waals surface area contributed by atoms with Crippen molar-refractivity contribution in [1.29, 1.82) is 0 Å². The fraction of sp³-hybridized carbons (Fsp3) is 0.278. The molecule has 1 saturated heterocycles. The number of nitrogens with zero attached hydrogens (tertiary/aromatic N) is 5. The summed E-state index contributed by atoms with van der Waals surface area (Å²) in [6, 6.07) is 11.8. The lowest BCUT2D eigenvalue weighted by Crippen LogP contribution is -2.51. The Balaban J connectivity index is 0.00000210. The van der Waals surface area contributed by atoms with Gasteiger partial charge >= 0.3 is 0 Å². The molecule has 27 heavy (non-hydrogen) atoms. The summed E-state index contributed by atoms with van der Waals surface area (Å²) in [5.74, 6) is 1.29. The third kappa shape index (κ3) is 4.78. The van der Waals surface area contributed by atoms with Gasteiger partial charge in [-0.25, -0.2) is 9.98 Å². The lowest BCUT2D eigenvalue weighted by atomic mass is 10.2. The van der Waals surface area contributed by atoms with Gasteiger partial charge in [-0.2, -0.15) is 0 Å². The number of hydrogen-bond donors (Lipinski definition) is 1. The van der Waals surface area contributed by atoms with E-state index < -0.39 is 0 Å². The minimum absolute atomic E-state index is 0. The third-order valence-corrected chi connectivity index (χ3v) is 5.15. The van der Waals surface area contributed by atoms with Crippen molar-refractivity contribution in [2.75, 3.05) is 31.1 Å². The van der Waals surface area contributed by atoms with Gasteiger partial charge in [0, 0.05) is 49.4 Å². The van der Waals surface area contributed by atoms with Gasteiger partial charge in [-0.05, 0) is 0 Å². The first-order chi connectivity index (χ1) is 12.8. The minimum atomic E-state index is 0. The molecule has 1 aromatic carbocycles. The van der Waals surface area contributed by atoms with E-state index in [1.807, 2.05) is 48.0 Å². The van der Waals surface area contributed by atoms with Crippen molar-refractivity contribution in [3.8, 4) is 11.3 Å². The van der Waals surface area contributed by atoms with E-state index in [1.165, 1.54) is 0 Å². The van der Waals surface area contributed by atoms with Crippen LogP contribution in [0.2, 0.25) is 0 Å². The molecule has 0 spiro atoms. The highest BCUT2D eigenvalue weighted by Crippen LogP contribution is 2.20. The quantitative estimate of drug-likeness (QED) is 0.340. The summed E-state index contributed by atoms with van der Waals surface area (Å²) in [6.07, 6.45) is 1.84. The molecule has 0 bridgehead atoms. The van der Waals surface area contributed by atoms with E-state index in [0.717, 1.165) is 48.3 Å². The molecule has 0 atom stereocenters. The zero-order chi connectivity index (χ0) is 17.8. The van der Waals surface area contributed by atoms with Crippen LogP contribution >= 0.6 is 35.3 Å². The first-order valence-electron chi connectivity index (χ1n) is 8.50. The second-order valence-electron chi connectivity index (χ2n) is 6.01. The lowest BCUT2D eigenvalue weighted by Gasteiger charge is -2.35. The monoisotopic (exact) mass is 496 g/mol. The maximum absolute atomic E-state index is 6.16. The van der Waals surface area contributed by atoms with Crippen molar-refractivity contribution < 1.29 is 4.52 Å². The highest BCUT2D eigenvalue weighted by molar-refractivity contribution is 14.0. The number of rotatable bonds is 4. The standard InChI is InChI=1S/C18H20N6OS.HI/c19-17(23-7-9-24(10-8-23)18-20-6-11-26-18)21-13-15-12-16(25-22-15)14-4-2-1-3-5-14;/h1-6,11-12H,7-10,13H2,(H2,19,21);1H. The number of anilines is 1. The van der Waals surface area contributed by atoms with Crippen LogP contribution in [0.1, 0.15) is 5.69 Å². The van der Waals surface area contributed by atoms with Crippen LogP contribution in [-0.2, 0) is 6.54 Å². The van der Waals surface area contributed by atoms with Gasteiger partial charge in [0.1, 0.15) is 5.69 Å². The average Bonchev–Trinajstić information content (AvgIpc) is 3.39. The predicted molar refractivity (Wildman–Crippen MR) is 119 cm³/mol. The molecule has 2 aromatic heterocycles. The van der Waals surface area contributed by atoms with Crippen LogP contribution in [0.3, 0.4) is 0 Å². The Hall–Kier alpha value is -2.14. The second-order valence-corrected chi connectivity index (χ2v) is 6.88. The van der Waals surface area contributed by atoms with E-state index in [-0.39, 0.29) is 24.0 Å². The van der Waals surface area contributed by atoms with E-state index in [1.54, 1.807) is 11.3 Å². The van der Waals surface area contributed by atoms with Gasteiger partial charge < -0.3 is 20.1 Å². The summed E-state index contributed by atoms with van der Waals surface area (Å²) in [7, 11) is 0. The molecule has 1 aliphatic rings. The number of thiazole rings is 1. The number of aliphatic imine (C=N–C) groups is 1. The molecule has 3 aromatic rings. The van der Waals surface area contributed by atoms with Gasteiger partial charge in [0.15, 0.2) is 16.9 Å². The van der Waals surface area contributed by atoms with Crippen molar-refractivity contribution in [2.45, 2.75) is 6.54 Å². The molecule has 7 nitrogen and oxygen atoms in total. The predicted octanol–water partition coefficient (Wildman–Crippen LogP) is 3.05. The Morgan fingerprint density at radius 2 is 1.96 bits per heavy atom. The van der Waals surface area contributed by atoms with Crippen molar-refractivity contribution in [2.24, 2.45) is 10.7 Å². The Morgan fingerprint density at radius 3 is 2.67 bits per heavy atom. The van der Waals surface area contributed by atoms with Crippen LogP contribution < -0.4 is 10.6 Å². The summed E-state index contributed by atoms with van der Waals surface area (Å²) in [5.41, 5.74) is 7.94. The molecule has 2 N–H and O–H groups in total. The Morgan fingerprint density at radius 1 is 1.19 bits per heavy atom. The minimum Gasteiger partial charge on any atom is -0.370 e. The molecule has 0 saturated carbocycles. The number of hydrogen-bond acceptors (Lipinski definition) is 6. The number of nitrogens with two attached hydrogens (primary N) is 1. The summed E-state index contributed by atoms with van der Waals surface area (Å²) in [6.45, 7) is 3.87. The number of benzene rings is 1. The third-order valence-electron chi connectivity index (χ3n) is 4.31. The van der Waals surface area contributed by atoms with Gasteiger partial charge in [0.25, 0.3) is 0 Å². The summed E-state index contributed by atoms with van der Waals surface area (Å²) >= 11 is 1.66. The maximum Gasteiger partial charge on any atom is 0.191 e. The molecule has 3 heterocycles. The van der Waals surface area contributed by atoms with Crippen LogP contribution in [0.4, 0.5) is 5.13 Å². The summed E-state index contributed by atoms with van der Waals surface area (Å²) in [4.78, 5) is 13.2. The molecular weight excluding hydrogens is 475 g/mol. The highest BCUT2D eigenvalue weighted by Gasteiger charge is 2.19. The molecule has 0 unspecified atom stereocenters. The van der Waals surface area contributed by atoms with Gasteiger partial charge in [-0.15, -0.1) is 35.3 Å². The number of piperazine rings is 1. The zero-order valence-electron chi connectivity index (χ0n) is 14.7. The fourth-order valence-electron chi connectivity index (χ4n) is 2.89. The lowest BCUT2D eigenvalue weighted by molar-refractivity contribution is 0.380. The second kappa shape index (κ2) is 9.18. The maximum atomic E-state index is 6.16. The Bertz CT molecular complexity index is 859. The fourth-order valence-corrected chi connectivity index (χ4v) is 3.58. The van der Waals surface area contributed by atoms with Crippen LogP contribution in [-0.4, -0.2) is 47.2 Å². The molecule has 4 rings (SSSR count). The van der Waals surface area contributed by atoms with Crippen LogP contribution in [0.25, 0.3) is 11.3 Å². The van der Waals surface area contributed by atoms with Crippen molar-refractivity contribution >= 4 is 46.4 Å². The van der Waals surface area contributed by atoms with Gasteiger partial charge in [-0.3, -0.25) is 0 Å². The molecule has 0 radical (unpaired) electrons.